The number of hydrogen-bond acceptors (Lipinski definition) is 0. The highest BCUT2D eigenvalue weighted by atomic mass is 15.4. The lowest BCUT2D eigenvalue weighted by Crippen LogP contribution is -2.33. The number of hydrogen-bond donors (Lipinski definition) is 0. The van der Waals surface area contributed by atoms with E-state index in [1.807, 2.05) is 0 Å². The highest BCUT2D eigenvalue weighted by Gasteiger charge is 2.39. The first-order valence-electron chi connectivity index (χ1n) is 10.7. The minimum Gasteiger partial charge on any atom is -0.194 e. The van der Waals surface area contributed by atoms with Gasteiger partial charge in [-0.05, 0) is 32.8 Å². The van der Waals surface area contributed by atoms with Crippen LogP contribution in [-0.4, -0.2) is 0 Å². The Morgan fingerprint density at radius 2 is 0.700 bits per heavy atom. The van der Waals surface area contributed by atoms with E-state index in [1.165, 1.54) is 45.0 Å². The van der Waals surface area contributed by atoms with Crippen molar-refractivity contribution in [1.29, 1.82) is 0 Å². The van der Waals surface area contributed by atoms with Crippen LogP contribution < -0.4 is 4.48 Å². The Bertz CT molecular complexity index is 992. The minimum absolute atomic E-state index is 0.560. The molecule has 4 aromatic rings. The van der Waals surface area contributed by atoms with Gasteiger partial charge in [-0.1, -0.05) is 72.1 Å². The van der Waals surface area contributed by atoms with Crippen molar-refractivity contribution in [2.24, 2.45) is 0 Å². The molecule has 0 atom stereocenters. The smallest absolute Gasteiger partial charge is 0.148 e. The molecule has 0 saturated heterocycles. The van der Waals surface area contributed by atoms with Gasteiger partial charge in [0.15, 0.2) is 0 Å². The van der Waals surface area contributed by atoms with Gasteiger partial charge in [0.05, 0.1) is 0 Å². The Kier molecular flexibility index (Phi) is 5.57. The van der Waals surface area contributed by atoms with Crippen LogP contribution in [-0.2, 0) is 6.42 Å². The maximum atomic E-state index is 2.29. The average molecular weight is 393 g/mol. The number of quaternary nitrogens is 1. The second-order valence-electron chi connectivity index (χ2n) is 8.20. The van der Waals surface area contributed by atoms with E-state index in [2.05, 4.69) is 125 Å². The molecule has 1 heteroatoms. The van der Waals surface area contributed by atoms with Crippen LogP contribution in [0.5, 0.6) is 0 Å². The van der Waals surface area contributed by atoms with Crippen LogP contribution in [0.3, 0.4) is 0 Å². The predicted octanol–water partition coefficient (Wildman–Crippen LogP) is 8.48. The second kappa shape index (κ2) is 8.30. The molecule has 0 fully saturated rings. The number of rotatable bonds is 5. The number of benzene rings is 4. The van der Waals surface area contributed by atoms with Crippen molar-refractivity contribution in [2.45, 2.75) is 34.1 Å². The van der Waals surface area contributed by atoms with Gasteiger partial charge in [-0.2, -0.15) is 4.48 Å². The lowest BCUT2D eigenvalue weighted by atomic mass is 10.0. The molecule has 0 spiro atoms. The lowest BCUT2D eigenvalue weighted by Gasteiger charge is -2.37. The van der Waals surface area contributed by atoms with Crippen LogP contribution in [0.4, 0.5) is 22.7 Å². The number of nitrogens with zero attached hydrogens (tertiary/aromatic N) is 1. The first kappa shape index (κ1) is 20.1. The van der Waals surface area contributed by atoms with E-state index in [4.69, 9.17) is 0 Å². The molecular weight excluding hydrogens is 362 g/mol. The maximum Gasteiger partial charge on any atom is 0.148 e. The first-order valence-corrected chi connectivity index (χ1v) is 10.7. The van der Waals surface area contributed by atoms with Crippen LogP contribution in [0, 0.1) is 20.8 Å². The van der Waals surface area contributed by atoms with Crippen molar-refractivity contribution in [1.82, 2.24) is 4.48 Å². The van der Waals surface area contributed by atoms with Gasteiger partial charge in [-0.25, -0.2) is 0 Å². The highest BCUT2D eigenvalue weighted by molar-refractivity contribution is 5.81. The average Bonchev–Trinajstić information content (AvgIpc) is 2.78. The zero-order chi connectivity index (χ0) is 21.1. The van der Waals surface area contributed by atoms with E-state index in [-0.39, 0.29) is 0 Å². The van der Waals surface area contributed by atoms with Gasteiger partial charge in [-0.3, -0.25) is 0 Å². The number of aryl methyl sites for hydroxylation is 4. The molecule has 0 aliphatic carbocycles. The maximum absolute atomic E-state index is 2.29. The summed E-state index contributed by atoms with van der Waals surface area (Å²) < 4.78 is 0.560. The van der Waals surface area contributed by atoms with Gasteiger partial charge in [0, 0.05) is 48.5 Å². The van der Waals surface area contributed by atoms with Crippen molar-refractivity contribution in [2.75, 3.05) is 0 Å². The molecule has 1 nitrogen and oxygen atoms in total. The molecule has 30 heavy (non-hydrogen) atoms. The van der Waals surface area contributed by atoms with Crippen molar-refractivity contribution < 1.29 is 0 Å². The summed E-state index contributed by atoms with van der Waals surface area (Å²) in [4.78, 5) is 0. The largest absolute Gasteiger partial charge is 0.194 e. The standard InChI is InChI=1S/C29H30N/c1-5-25-12-20-29(21-13-25)30(26-14-6-22(2)7-15-26,27-16-8-23(3)9-17-27)28-18-10-24(4)11-19-28/h6-21H,5H2,1-4H3/q+1. The molecule has 0 heterocycles. The minimum atomic E-state index is 0.560. The van der Waals surface area contributed by atoms with Gasteiger partial charge < -0.3 is 0 Å². The molecule has 0 aromatic heterocycles. The molecule has 0 aliphatic rings. The van der Waals surface area contributed by atoms with E-state index >= 15 is 0 Å². The van der Waals surface area contributed by atoms with Crippen molar-refractivity contribution in [3.8, 4) is 0 Å². The molecule has 150 valence electrons. The molecule has 0 bridgehead atoms. The van der Waals surface area contributed by atoms with Crippen molar-refractivity contribution >= 4 is 22.7 Å². The first-order chi connectivity index (χ1) is 14.5. The third-order valence-electron chi connectivity index (χ3n) is 6.00. The molecule has 4 aromatic carbocycles. The normalized spacial score (nSPS) is 11.5. The fraction of sp³-hybridized carbons (Fsp3) is 0.172. The van der Waals surface area contributed by atoms with Crippen molar-refractivity contribution in [3.63, 3.8) is 0 Å². The van der Waals surface area contributed by atoms with Crippen LogP contribution in [0.2, 0.25) is 0 Å². The molecule has 0 radical (unpaired) electrons. The molecule has 0 amide bonds. The summed E-state index contributed by atoms with van der Waals surface area (Å²) in [5, 5.41) is 0. The Hall–Kier alpha value is -3.16. The topological polar surface area (TPSA) is 0 Å². The molecule has 0 saturated carbocycles. The van der Waals surface area contributed by atoms with E-state index in [1.54, 1.807) is 0 Å². The summed E-state index contributed by atoms with van der Waals surface area (Å²) in [6.45, 7) is 8.64. The summed E-state index contributed by atoms with van der Waals surface area (Å²) >= 11 is 0. The van der Waals surface area contributed by atoms with Crippen molar-refractivity contribution in [3.05, 3.63) is 119 Å². The fourth-order valence-electron chi connectivity index (χ4n) is 4.15. The van der Waals surface area contributed by atoms with Crippen LogP contribution in [0.25, 0.3) is 0 Å². The monoisotopic (exact) mass is 392 g/mol. The van der Waals surface area contributed by atoms with E-state index in [0.29, 0.717) is 4.48 Å². The summed E-state index contributed by atoms with van der Waals surface area (Å²) in [5.74, 6) is 0. The Morgan fingerprint density at radius 3 is 0.967 bits per heavy atom. The molecular formula is C29H30N+. The van der Waals surface area contributed by atoms with Gasteiger partial charge >= 0.3 is 0 Å². The fourth-order valence-corrected chi connectivity index (χ4v) is 4.15. The predicted molar refractivity (Wildman–Crippen MR) is 130 cm³/mol. The lowest BCUT2D eigenvalue weighted by molar-refractivity contribution is 0.702. The molecule has 4 rings (SSSR count). The zero-order valence-corrected chi connectivity index (χ0v) is 18.4. The summed E-state index contributed by atoms with van der Waals surface area (Å²) in [6.07, 6.45) is 1.04. The zero-order valence-electron chi connectivity index (χ0n) is 18.4. The van der Waals surface area contributed by atoms with Gasteiger partial charge in [0.1, 0.15) is 22.7 Å². The van der Waals surface area contributed by atoms with Gasteiger partial charge in [-0.15, -0.1) is 0 Å². The third kappa shape index (κ3) is 3.58. The van der Waals surface area contributed by atoms with Crippen LogP contribution in [0.15, 0.2) is 97.1 Å². The van der Waals surface area contributed by atoms with Crippen LogP contribution >= 0.6 is 0 Å². The molecule has 0 N–H and O–H groups in total. The Balaban J connectivity index is 2.09. The summed E-state index contributed by atoms with van der Waals surface area (Å²) in [7, 11) is 0. The quantitative estimate of drug-likeness (QED) is 0.299. The van der Waals surface area contributed by atoms with E-state index in [0.717, 1.165) is 6.42 Å². The van der Waals surface area contributed by atoms with Crippen LogP contribution in [0.1, 0.15) is 29.2 Å². The summed E-state index contributed by atoms with van der Waals surface area (Å²) in [5.41, 5.74) is 10.1. The molecule has 0 unspecified atom stereocenters. The molecule has 0 aliphatic heterocycles. The van der Waals surface area contributed by atoms with Gasteiger partial charge in [0.25, 0.3) is 0 Å². The second-order valence-corrected chi connectivity index (χ2v) is 8.20. The van der Waals surface area contributed by atoms with E-state index in [9.17, 15) is 0 Å². The summed E-state index contributed by atoms with van der Waals surface area (Å²) in [6, 6.07) is 36.0. The SMILES string of the molecule is CCc1ccc([N+](c2ccc(C)cc2)(c2ccc(C)cc2)c2ccc(C)cc2)cc1. The Morgan fingerprint density at radius 1 is 0.433 bits per heavy atom. The van der Waals surface area contributed by atoms with Gasteiger partial charge in [0.2, 0.25) is 0 Å². The highest BCUT2D eigenvalue weighted by Crippen LogP contribution is 2.51. The van der Waals surface area contributed by atoms with E-state index < -0.39 is 0 Å². The third-order valence-corrected chi connectivity index (χ3v) is 6.00. The Labute approximate surface area is 180 Å².